The van der Waals surface area contributed by atoms with Gasteiger partial charge in [-0.05, 0) is 68.9 Å². The number of fused-ring (bicyclic) bond motifs is 1. The van der Waals surface area contributed by atoms with E-state index in [-0.39, 0.29) is 46.9 Å². The molecule has 5 nitrogen and oxygen atoms in total. The van der Waals surface area contributed by atoms with Gasteiger partial charge < -0.3 is 13.6 Å². The van der Waals surface area contributed by atoms with Crippen LogP contribution in [-0.4, -0.2) is 47.7 Å². The highest BCUT2D eigenvalue weighted by atomic mass is 28.4. The minimum Gasteiger partial charge on any atom is -0.469 e. The van der Waals surface area contributed by atoms with E-state index in [0.29, 0.717) is 0 Å². The van der Waals surface area contributed by atoms with Crippen molar-refractivity contribution in [2.45, 2.75) is 97.9 Å². The van der Waals surface area contributed by atoms with Crippen LogP contribution >= 0.6 is 0 Å². The molecule has 0 aromatic rings. The molecule has 0 aromatic carbocycles. The molecule has 0 bridgehead atoms. The van der Waals surface area contributed by atoms with Crippen molar-refractivity contribution in [2.75, 3.05) is 7.11 Å². The van der Waals surface area contributed by atoms with Crippen molar-refractivity contribution >= 4 is 28.4 Å². The summed E-state index contributed by atoms with van der Waals surface area (Å²) >= 11 is 0. The Morgan fingerprint density at radius 3 is 2.03 bits per heavy atom. The molecular formula is C22H42O5Si2. The van der Waals surface area contributed by atoms with Gasteiger partial charge in [-0.25, -0.2) is 0 Å². The molecular weight excluding hydrogens is 400 g/mol. The van der Waals surface area contributed by atoms with Crippen LogP contribution in [0.3, 0.4) is 0 Å². The summed E-state index contributed by atoms with van der Waals surface area (Å²) in [6.45, 7) is 19.7. The Bertz CT molecular complexity index is 634. The molecule has 0 amide bonds. The number of methoxy groups -OCH3 is 1. The SMILES string of the molecule is COC(=O)CC1C(=O)C(O[Si](C)(C)C)C(O[Si](C)(C)C)C2C(C)(C)CCCC12C. The summed E-state index contributed by atoms with van der Waals surface area (Å²) in [4.78, 5) is 26.1. The molecule has 0 spiro atoms. The topological polar surface area (TPSA) is 61.8 Å². The zero-order chi connectivity index (χ0) is 22.4. The van der Waals surface area contributed by atoms with Crippen LogP contribution < -0.4 is 0 Å². The summed E-state index contributed by atoms with van der Waals surface area (Å²) in [7, 11) is -2.55. The van der Waals surface area contributed by atoms with Crippen LogP contribution in [0.5, 0.6) is 0 Å². The molecule has 0 aliphatic heterocycles. The lowest BCUT2D eigenvalue weighted by atomic mass is 9.46. The Hall–Kier alpha value is -0.506. The van der Waals surface area contributed by atoms with Crippen molar-refractivity contribution in [2.24, 2.45) is 22.7 Å². The van der Waals surface area contributed by atoms with Crippen molar-refractivity contribution in [1.82, 2.24) is 0 Å². The van der Waals surface area contributed by atoms with Gasteiger partial charge in [0.2, 0.25) is 0 Å². The first-order valence-electron chi connectivity index (χ1n) is 11.0. The molecule has 0 saturated heterocycles. The molecule has 0 radical (unpaired) electrons. The molecule has 0 heterocycles. The monoisotopic (exact) mass is 442 g/mol. The van der Waals surface area contributed by atoms with Crippen molar-refractivity contribution < 1.29 is 23.2 Å². The fraction of sp³-hybridized carbons (Fsp3) is 0.909. The molecule has 5 atom stereocenters. The first kappa shape index (κ1) is 24.8. The van der Waals surface area contributed by atoms with E-state index in [1.165, 1.54) is 7.11 Å². The largest absolute Gasteiger partial charge is 0.469 e. The van der Waals surface area contributed by atoms with E-state index in [0.717, 1.165) is 19.3 Å². The van der Waals surface area contributed by atoms with E-state index in [1.807, 2.05) is 0 Å². The molecule has 2 aliphatic carbocycles. The second-order valence-corrected chi connectivity index (χ2v) is 20.8. The Labute approximate surface area is 179 Å². The maximum atomic E-state index is 13.8. The lowest BCUT2D eigenvalue weighted by Gasteiger charge is -2.61. The molecule has 2 rings (SSSR count). The molecule has 0 aromatic heterocycles. The van der Waals surface area contributed by atoms with Crippen LogP contribution in [0, 0.1) is 22.7 Å². The van der Waals surface area contributed by atoms with Crippen molar-refractivity contribution in [1.29, 1.82) is 0 Å². The predicted molar refractivity (Wildman–Crippen MR) is 121 cm³/mol. The third kappa shape index (κ3) is 5.41. The minimum atomic E-state index is -2.01. The number of ketones is 1. The van der Waals surface area contributed by atoms with Gasteiger partial charge >= 0.3 is 5.97 Å². The fourth-order valence-corrected chi connectivity index (χ4v) is 7.92. The number of esters is 1. The number of carbonyl (C=O) groups excluding carboxylic acids is 2. The molecule has 168 valence electrons. The molecule has 0 N–H and O–H groups in total. The zero-order valence-corrected chi connectivity index (χ0v) is 22.2. The summed E-state index contributed by atoms with van der Waals surface area (Å²) in [6, 6.07) is 0. The van der Waals surface area contributed by atoms with E-state index in [1.54, 1.807) is 0 Å². The van der Waals surface area contributed by atoms with E-state index >= 15 is 0 Å². The maximum Gasteiger partial charge on any atom is 0.306 e. The Morgan fingerprint density at radius 2 is 1.55 bits per heavy atom. The van der Waals surface area contributed by atoms with Gasteiger partial charge in [-0.15, -0.1) is 0 Å². The van der Waals surface area contributed by atoms with Crippen LogP contribution in [0.2, 0.25) is 39.3 Å². The highest BCUT2D eigenvalue weighted by molar-refractivity contribution is 6.70. The molecule has 2 saturated carbocycles. The van der Waals surface area contributed by atoms with Crippen LogP contribution in [0.15, 0.2) is 0 Å². The summed E-state index contributed by atoms with van der Waals surface area (Å²) < 4.78 is 18.2. The molecule has 5 unspecified atom stereocenters. The van der Waals surface area contributed by atoms with E-state index in [4.69, 9.17) is 13.6 Å². The van der Waals surface area contributed by atoms with Gasteiger partial charge in [0.05, 0.1) is 19.6 Å². The molecule has 2 fully saturated rings. The average molecular weight is 443 g/mol. The lowest BCUT2D eigenvalue weighted by Crippen LogP contribution is -2.67. The number of hydrogen-bond acceptors (Lipinski definition) is 5. The third-order valence-electron chi connectivity index (χ3n) is 6.70. The second kappa shape index (κ2) is 8.21. The summed E-state index contributed by atoms with van der Waals surface area (Å²) in [5.74, 6) is -0.507. The van der Waals surface area contributed by atoms with Gasteiger partial charge in [0.1, 0.15) is 6.10 Å². The smallest absolute Gasteiger partial charge is 0.306 e. The minimum absolute atomic E-state index is 0.00738. The van der Waals surface area contributed by atoms with Crippen LogP contribution in [0.1, 0.15) is 46.5 Å². The summed E-state index contributed by atoms with van der Waals surface area (Å²) in [6.07, 6.45) is 2.36. The first-order chi connectivity index (χ1) is 13.0. The van der Waals surface area contributed by atoms with Crippen LogP contribution in [0.25, 0.3) is 0 Å². The number of hydrogen-bond donors (Lipinski definition) is 0. The average Bonchev–Trinajstić information content (AvgIpc) is 2.51. The van der Waals surface area contributed by atoms with Gasteiger partial charge in [0.15, 0.2) is 22.4 Å². The fourth-order valence-electron chi connectivity index (χ4n) is 5.83. The normalized spacial score (nSPS) is 35.2. The predicted octanol–water partition coefficient (Wildman–Crippen LogP) is 5.02. The maximum absolute atomic E-state index is 13.8. The zero-order valence-electron chi connectivity index (χ0n) is 20.2. The van der Waals surface area contributed by atoms with Gasteiger partial charge in [0, 0.05) is 5.92 Å². The van der Waals surface area contributed by atoms with Gasteiger partial charge in [0.25, 0.3) is 0 Å². The Balaban J connectivity index is 2.63. The highest BCUT2D eigenvalue weighted by Crippen LogP contribution is 2.61. The lowest BCUT2D eigenvalue weighted by molar-refractivity contribution is -0.187. The molecule has 2 aliphatic rings. The number of ether oxygens (including phenoxy) is 1. The standard InChI is InChI=1S/C22H42O5Si2/c1-21(2)12-11-13-22(3)15(14-16(23)25-4)17(24)18(26-28(5,6)7)19(20(21)22)27-29(8,9)10/h15,18-20H,11-14H2,1-10H3. The molecule has 7 heteroatoms. The van der Waals surface area contributed by atoms with E-state index in [2.05, 4.69) is 60.1 Å². The van der Waals surface area contributed by atoms with Gasteiger partial charge in [-0.1, -0.05) is 27.2 Å². The van der Waals surface area contributed by atoms with Crippen molar-refractivity contribution in [3.63, 3.8) is 0 Å². The van der Waals surface area contributed by atoms with Crippen LogP contribution in [-0.2, 0) is 23.2 Å². The number of rotatable bonds is 6. The van der Waals surface area contributed by atoms with Crippen molar-refractivity contribution in [3.05, 3.63) is 0 Å². The number of carbonyl (C=O) groups is 2. The van der Waals surface area contributed by atoms with Gasteiger partial charge in [-0.3, -0.25) is 9.59 Å². The second-order valence-electron chi connectivity index (χ2n) is 11.9. The van der Waals surface area contributed by atoms with E-state index < -0.39 is 22.7 Å². The summed E-state index contributed by atoms with van der Waals surface area (Å²) in [5.41, 5.74) is -0.288. The summed E-state index contributed by atoms with van der Waals surface area (Å²) in [5, 5.41) is 0. The highest BCUT2D eigenvalue weighted by Gasteiger charge is 2.63. The first-order valence-corrected chi connectivity index (χ1v) is 17.8. The third-order valence-corrected chi connectivity index (χ3v) is 8.64. The quantitative estimate of drug-likeness (QED) is 0.427. The Morgan fingerprint density at radius 1 is 1.00 bits per heavy atom. The van der Waals surface area contributed by atoms with Gasteiger partial charge in [-0.2, -0.15) is 0 Å². The van der Waals surface area contributed by atoms with E-state index in [9.17, 15) is 9.59 Å². The Kier molecular flexibility index (Phi) is 7.01. The molecule has 29 heavy (non-hydrogen) atoms. The number of Topliss-reactive ketones (excluding diaryl/α,β-unsaturated/α-hetero) is 1. The van der Waals surface area contributed by atoms with Crippen molar-refractivity contribution in [3.8, 4) is 0 Å². The van der Waals surface area contributed by atoms with Crippen LogP contribution in [0.4, 0.5) is 0 Å².